The average molecular weight is 460 g/mol. The topological polar surface area (TPSA) is 102 Å². The van der Waals surface area contributed by atoms with Crippen LogP contribution in [-0.2, 0) is 19.1 Å². The number of allylic oxidation sites excluding steroid dienone is 2. The summed E-state index contributed by atoms with van der Waals surface area (Å²) >= 11 is 0. The van der Waals surface area contributed by atoms with Gasteiger partial charge in [-0.25, -0.2) is 4.79 Å². The Hall–Kier alpha value is -3.94. The summed E-state index contributed by atoms with van der Waals surface area (Å²) in [6, 6.07) is 12.9. The van der Waals surface area contributed by atoms with Crippen molar-refractivity contribution in [1.82, 2.24) is 0 Å². The summed E-state index contributed by atoms with van der Waals surface area (Å²) < 4.78 is 10.2. The number of hydrogen-bond acceptors (Lipinski definition) is 6. The minimum absolute atomic E-state index is 0.134. The fraction of sp³-hybridized carbons (Fsp3) is 0.308. The molecule has 2 aromatic carbocycles. The van der Waals surface area contributed by atoms with Crippen LogP contribution >= 0.6 is 0 Å². The predicted molar refractivity (Wildman–Crippen MR) is 123 cm³/mol. The van der Waals surface area contributed by atoms with Crippen molar-refractivity contribution in [2.75, 3.05) is 23.9 Å². The normalized spacial score (nSPS) is 24.6. The standard InChI is InChI=1S/C26H24N2O6/c1-14-11-16-12-20(14)23-22(16)24(30)28(25(23)31)18-7-3-15(4-8-18)26(32)34-13-21(29)27-17-5-9-19(33-2)10-6-17/h3-11,16,20,22-23H,12-13H2,1-2H3,(H,27,29)/t16-,20+,22-,23+/m0/s1. The molecule has 8 heteroatoms. The minimum Gasteiger partial charge on any atom is -0.497 e. The molecule has 1 aliphatic heterocycles. The first-order valence-electron chi connectivity index (χ1n) is 11.1. The smallest absolute Gasteiger partial charge is 0.338 e. The van der Waals surface area contributed by atoms with Crippen molar-refractivity contribution in [3.8, 4) is 5.75 Å². The molecule has 1 saturated heterocycles. The number of benzene rings is 2. The van der Waals surface area contributed by atoms with Crippen molar-refractivity contribution < 1.29 is 28.7 Å². The predicted octanol–water partition coefficient (Wildman–Crippen LogP) is 3.19. The fourth-order valence-corrected chi connectivity index (χ4v) is 5.36. The Balaban J connectivity index is 1.19. The zero-order valence-electron chi connectivity index (χ0n) is 18.8. The quantitative estimate of drug-likeness (QED) is 0.404. The summed E-state index contributed by atoms with van der Waals surface area (Å²) in [6.07, 6.45) is 3.01. The molecule has 0 radical (unpaired) electrons. The number of carbonyl (C=O) groups excluding carboxylic acids is 4. The number of fused-ring (bicyclic) bond motifs is 5. The van der Waals surface area contributed by atoms with Crippen LogP contribution in [0.1, 0.15) is 23.7 Å². The molecule has 1 N–H and O–H groups in total. The average Bonchev–Trinajstić information content (AvgIpc) is 3.48. The van der Waals surface area contributed by atoms with Gasteiger partial charge in [-0.05, 0) is 73.7 Å². The zero-order chi connectivity index (χ0) is 24.0. The first-order valence-corrected chi connectivity index (χ1v) is 11.1. The number of nitrogens with zero attached hydrogens (tertiary/aromatic N) is 1. The Morgan fingerprint density at radius 2 is 1.68 bits per heavy atom. The summed E-state index contributed by atoms with van der Waals surface area (Å²) in [7, 11) is 1.55. The molecule has 0 aromatic heterocycles. The zero-order valence-corrected chi connectivity index (χ0v) is 18.8. The molecule has 8 nitrogen and oxygen atoms in total. The van der Waals surface area contributed by atoms with Crippen molar-refractivity contribution >= 4 is 35.1 Å². The lowest BCUT2D eigenvalue weighted by molar-refractivity contribution is -0.123. The molecule has 2 aromatic rings. The van der Waals surface area contributed by atoms with Crippen LogP contribution in [-0.4, -0.2) is 37.4 Å². The molecule has 1 saturated carbocycles. The summed E-state index contributed by atoms with van der Waals surface area (Å²) in [5, 5.41) is 2.63. The van der Waals surface area contributed by atoms with Gasteiger partial charge in [0, 0.05) is 5.69 Å². The number of methoxy groups -OCH3 is 1. The van der Waals surface area contributed by atoms with Gasteiger partial charge in [0.15, 0.2) is 6.61 Å². The van der Waals surface area contributed by atoms with E-state index in [0.717, 1.165) is 6.42 Å². The highest BCUT2D eigenvalue weighted by Gasteiger charge is 2.60. The van der Waals surface area contributed by atoms with E-state index in [1.807, 2.05) is 6.92 Å². The van der Waals surface area contributed by atoms with Gasteiger partial charge in [-0.3, -0.25) is 19.3 Å². The summed E-state index contributed by atoms with van der Waals surface area (Å²) in [5.74, 6) is -1.11. The van der Waals surface area contributed by atoms with Gasteiger partial charge in [0.1, 0.15) is 5.75 Å². The SMILES string of the molecule is COc1ccc(NC(=O)COC(=O)c2ccc(N3C(=O)[C@@H]4[C@H](C3=O)[C@@H]3C[C@@H]4C=C3C)cc2)cc1. The van der Waals surface area contributed by atoms with Crippen LogP contribution < -0.4 is 15.0 Å². The molecular formula is C26H24N2O6. The first kappa shape index (κ1) is 21.9. The molecule has 34 heavy (non-hydrogen) atoms. The highest BCUT2D eigenvalue weighted by Crippen LogP contribution is 2.55. The lowest BCUT2D eigenvalue weighted by Gasteiger charge is -2.19. The number of rotatable bonds is 6. The molecule has 0 unspecified atom stereocenters. The number of amides is 3. The third-order valence-electron chi connectivity index (χ3n) is 6.95. The Bertz CT molecular complexity index is 1200. The second-order valence-corrected chi connectivity index (χ2v) is 8.88. The van der Waals surface area contributed by atoms with E-state index < -0.39 is 18.5 Å². The van der Waals surface area contributed by atoms with Crippen LogP contribution in [0.15, 0.2) is 60.2 Å². The van der Waals surface area contributed by atoms with E-state index in [4.69, 9.17) is 9.47 Å². The summed E-state index contributed by atoms with van der Waals surface area (Å²) in [5.41, 5.74) is 2.41. The number of carbonyl (C=O) groups is 4. The Labute approximate surface area is 196 Å². The molecule has 3 amide bonds. The van der Waals surface area contributed by atoms with E-state index in [9.17, 15) is 19.2 Å². The maximum absolute atomic E-state index is 13.1. The Kier molecular flexibility index (Phi) is 5.43. The minimum atomic E-state index is -0.676. The molecule has 2 aliphatic carbocycles. The van der Waals surface area contributed by atoms with Gasteiger partial charge in [-0.1, -0.05) is 11.6 Å². The van der Waals surface area contributed by atoms with E-state index in [-0.39, 0.29) is 41.0 Å². The molecule has 3 aliphatic rings. The van der Waals surface area contributed by atoms with Crippen LogP contribution in [0, 0.1) is 23.7 Å². The van der Waals surface area contributed by atoms with Gasteiger partial charge in [-0.15, -0.1) is 0 Å². The van der Waals surface area contributed by atoms with E-state index in [1.54, 1.807) is 43.5 Å². The fourth-order valence-electron chi connectivity index (χ4n) is 5.36. The second-order valence-electron chi connectivity index (χ2n) is 8.88. The van der Waals surface area contributed by atoms with Gasteiger partial charge >= 0.3 is 5.97 Å². The molecule has 2 bridgehead atoms. The van der Waals surface area contributed by atoms with Crippen LogP contribution in [0.2, 0.25) is 0 Å². The molecule has 2 fully saturated rings. The number of imide groups is 1. The van der Waals surface area contributed by atoms with Gasteiger partial charge in [0.05, 0.1) is 30.2 Å². The van der Waals surface area contributed by atoms with Crippen molar-refractivity contribution in [2.24, 2.45) is 23.7 Å². The number of hydrogen-bond donors (Lipinski definition) is 1. The van der Waals surface area contributed by atoms with Crippen LogP contribution in [0.5, 0.6) is 5.75 Å². The van der Waals surface area contributed by atoms with Crippen LogP contribution in [0.4, 0.5) is 11.4 Å². The number of esters is 1. The highest BCUT2D eigenvalue weighted by molar-refractivity contribution is 6.23. The molecule has 0 spiro atoms. The first-order chi connectivity index (χ1) is 16.4. The van der Waals surface area contributed by atoms with Crippen molar-refractivity contribution in [3.05, 3.63) is 65.7 Å². The van der Waals surface area contributed by atoms with E-state index >= 15 is 0 Å². The molecule has 174 valence electrons. The monoisotopic (exact) mass is 460 g/mol. The van der Waals surface area contributed by atoms with E-state index in [0.29, 0.717) is 17.1 Å². The van der Waals surface area contributed by atoms with Gasteiger partial charge in [0.25, 0.3) is 5.91 Å². The van der Waals surface area contributed by atoms with Crippen LogP contribution in [0.3, 0.4) is 0 Å². The van der Waals surface area contributed by atoms with Gasteiger partial charge in [0.2, 0.25) is 11.8 Å². The highest BCUT2D eigenvalue weighted by atomic mass is 16.5. The molecule has 1 heterocycles. The maximum Gasteiger partial charge on any atom is 0.338 e. The van der Waals surface area contributed by atoms with Crippen molar-refractivity contribution in [3.63, 3.8) is 0 Å². The molecular weight excluding hydrogens is 436 g/mol. The number of anilines is 2. The Morgan fingerprint density at radius 3 is 2.35 bits per heavy atom. The largest absolute Gasteiger partial charge is 0.497 e. The lowest BCUT2D eigenvalue weighted by Crippen LogP contribution is -2.33. The maximum atomic E-state index is 13.1. The third-order valence-corrected chi connectivity index (χ3v) is 6.95. The van der Waals surface area contributed by atoms with Gasteiger partial charge in [-0.2, -0.15) is 0 Å². The molecule has 4 atom stereocenters. The Morgan fingerprint density at radius 1 is 1.00 bits per heavy atom. The summed E-state index contributed by atoms with van der Waals surface area (Å²) in [6.45, 7) is 1.58. The third kappa shape index (κ3) is 3.65. The second kappa shape index (κ2) is 8.44. The number of nitrogens with one attached hydrogen (secondary N) is 1. The van der Waals surface area contributed by atoms with E-state index in [2.05, 4.69) is 11.4 Å². The summed E-state index contributed by atoms with van der Waals surface area (Å²) in [4.78, 5) is 51.7. The number of ether oxygens (including phenoxy) is 2. The van der Waals surface area contributed by atoms with E-state index in [1.165, 1.54) is 22.6 Å². The lowest BCUT2D eigenvalue weighted by atomic mass is 9.82. The van der Waals surface area contributed by atoms with Crippen molar-refractivity contribution in [2.45, 2.75) is 13.3 Å². The van der Waals surface area contributed by atoms with Crippen LogP contribution in [0.25, 0.3) is 0 Å². The van der Waals surface area contributed by atoms with Gasteiger partial charge < -0.3 is 14.8 Å². The molecule has 5 rings (SSSR count). The van der Waals surface area contributed by atoms with Crippen molar-refractivity contribution in [1.29, 1.82) is 0 Å².